The molecule has 1 atom stereocenters. The normalized spacial score (nSPS) is 11.9. The van der Waals surface area contributed by atoms with Gasteiger partial charge in [0.2, 0.25) is 0 Å². The second-order valence-electron chi connectivity index (χ2n) is 2.86. The summed E-state index contributed by atoms with van der Waals surface area (Å²) in [4.78, 5) is 0. The van der Waals surface area contributed by atoms with Crippen molar-refractivity contribution in [2.75, 3.05) is 0 Å². The molecule has 0 aliphatic rings. The number of hydrogen-bond acceptors (Lipinski definition) is 1. The topological polar surface area (TPSA) is 20.2 Å². The molecule has 0 unspecified atom stereocenters. The molecule has 1 N–H and O–H groups in total. The van der Waals surface area contributed by atoms with Crippen molar-refractivity contribution in [2.45, 2.75) is 52.1 Å². The predicted molar refractivity (Wildman–Crippen MR) is 48.2 cm³/mol. The summed E-state index contributed by atoms with van der Waals surface area (Å²) in [5, 5.41) is 8.85. The summed E-state index contributed by atoms with van der Waals surface area (Å²) in [6, 6.07) is 0. The van der Waals surface area contributed by atoms with Crippen molar-refractivity contribution in [1.29, 1.82) is 0 Å². The molecule has 0 aromatic rings. The van der Waals surface area contributed by atoms with Crippen LogP contribution in [0, 0.1) is 11.8 Å². The summed E-state index contributed by atoms with van der Waals surface area (Å²) in [5.41, 5.74) is 0. The van der Waals surface area contributed by atoms with E-state index in [-0.39, 0.29) is 6.10 Å². The molecule has 0 aliphatic heterocycles. The molecule has 0 rings (SSSR count). The largest absolute Gasteiger partial charge is 0.392 e. The Morgan fingerprint density at radius 3 is 2.55 bits per heavy atom. The van der Waals surface area contributed by atoms with E-state index in [0.29, 0.717) is 6.42 Å². The molecule has 0 amide bonds. The molecule has 0 saturated carbocycles. The maximum absolute atomic E-state index is 8.85. The highest BCUT2D eigenvalue weighted by atomic mass is 16.3. The molecule has 1 heteroatoms. The zero-order valence-electron chi connectivity index (χ0n) is 7.56. The number of aliphatic hydroxyl groups excluding tert-OH is 1. The van der Waals surface area contributed by atoms with Crippen molar-refractivity contribution < 1.29 is 5.11 Å². The smallest absolute Gasteiger partial charge is 0.0621 e. The molecular weight excluding hydrogens is 136 g/mol. The minimum absolute atomic E-state index is 0.270. The van der Waals surface area contributed by atoms with E-state index < -0.39 is 0 Å². The Kier molecular flexibility index (Phi) is 7.29. The van der Waals surface area contributed by atoms with Gasteiger partial charge in [-0.3, -0.25) is 0 Å². The van der Waals surface area contributed by atoms with Gasteiger partial charge in [-0.2, -0.15) is 0 Å². The molecule has 64 valence electrons. The number of rotatable bonds is 4. The molecule has 0 heterocycles. The van der Waals surface area contributed by atoms with Gasteiger partial charge in [-0.05, 0) is 13.3 Å². The van der Waals surface area contributed by atoms with Gasteiger partial charge >= 0.3 is 0 Å². The fourth-order valence-corrected chi connectivity index (χ4v) is 0.772. The average Bonchev–Trinajstić information content (AvgIpc) is 1.96. The van der Waals surface area contributed by atoms with E-state index in [0.717, 1.165) is 6.42 Å². The summed E-state index contributed by atoms with van der Waals surface area (Å²) in [7, 11) is 0. The van der Waals surface area contributed by atoms with E-state index >= 15 is 0 Å². The van der Waals surface area contributed by atoms with Crippen LogP contribution in [0.1, 0.15) is 46.0 Å². The molecule has 0 saturated heterocycles. The Morgan fingerprint density at radius 1 is 1.27 bits per heavy atom. The first-order chi connectivity index (χ1) is 5.27. The SMILES string of the molecule is CCCCCC#CC[C@H](C)O. The van der Waals surface area contributed by atoms with Gasteiger partial charge in [-0.1, -0.05) is 19.8 Å². The average molecular weight is 154 g/mol. The zero-order valence-corrected chi connectivity index (χ0v) is 7.56. The molecule has 11 heavy (non-hydrogen) atoms. The first-order valence-corrected chi connectivity index (χ1v) is 4.41. The highest BCUT2D eigenvalue weighted by molar-refractivity contribution is 4.99. The van der Waals surface area contributed by atoms with E-state index in [1.54, 1.807) is 6.92 Å². The Balaban J connectivity index is 3.12. The fraction of sp³-hybridized carbons (Fsp3) is 0.800. The first-order valence-electron chi connectivity index (χ1n) is 4.41. The van der Waals surface area contributed by atoms with Crippen LogP contribution in [0.5, 0.6) is 0 Å². The minimum atomic E-state index is -0.270. The zero-order chi connectivity index (χ0) is 8.53. The van der Waals surface area contributed by atoms with Crippen LogP contribution in [0.15, 0.2) is 0 Å². The molecule has 0 aromatic heterocycles. The van der Waals surface area contributed by atoms with Crippen LogP contribution in [0.25, 0.3) is 0 Å². The standard InChI is InChI=1S/C10H18O/c1-3-4-5-6-7-8-9-10(2)11/h10-11H,3-6,9H2,1-2H3/t10-/m0/s1. The van der Waals surface area contributed by atoms with E-state index in [1.165, 1.54) is 19.3 Å². The third-order valence-electron chi connectivity index (χ3n) is 1.43. The van der Waals surface area contributed by atoms with E-state index in [1.807, 2.05) is 0 Å². The molecular formula is C10H18O. The van der Waals surface area contributed by atoms with Crippen molar-refractivity contribution in [2.24, 2.45) is 0 Å². The van der Waals surface area contributed by atoms with Gasteiger partial charge in [0.1, 0.15) is 0 Å². The molecule has 0 radical (unpaired) electrons. The Morgan fingerprint density at radius 2 is 2.00 bits per heavy atom. The third-order valence-corrected chi connectivity index (χ3v) is 1.43. The van der Waals surface area contributed by atoms with Gasteiger partial charge in [0, 0.05) is 12.8 Å². The lowest BCUT2D eigenvalue weighted by Crippen LogP contribution is -1.95. The van der Waals surface area contributed by atoms with Crippen molar-refractivity contribution in [3.63, 3.8) is 0 Å². The molecule has 0 fully saturated rings. The second-order valence-corrected chi connectivity index (χ2v) is 2.86. The van der Waals surface area contributed by atoms with Gasteiger partial charge < -0.3 is 5.11 Å². The summed E-state index contributed by atoms with van der Waals surface area (Å²) < 4.78 is 0. The lowest BCUT2D eigenvalue weighted by Gasteiger charge is -1.93. The van der Waals surface area contributed by atoms with Crippen LogP contribution in [-0.2, 0) is 0 Å². The predicted octanol–water partition coefficient (Wildman–Crippen LogP) is 2.34. The Bertz CT molecular complexity index is 128. The van der Waals surface area contributed by atoms with Gasteiger partial charge in [0.25, 0.3) is 0 Å². The molecule has 0 spiro atoms. The summed E-state index contributed by atoms with van der Waals surface area (Å²) in [6.45, 7) is 3.95. The van der Waals surface area contributed by atoms with Crippen LogP contribution >= 0.6 is 0 Å². The lowest BCUT2D eigenvalue weighted by atomic mass is 10.2. The van der Waals surface area contributed by atoms with Gasteiger partial charge in [-0.25, -0.2) is 0 Å². The van der Waals surface area contributed by atoms with Crippen molar-refractivity contribution >= 4 is 0 Å². The quantitative estimate of drug-likeness (QED) is 0.487. The van der Waals surface area contributed by atoms with Gasteiger partial charge in [-0.15, -0.1) is 11.8 Å². The summed E-state index contributed by atoms with van der Waals surface area (Å²) in [5.74, 6) is 5.99. The molecule has 0 bridgehead atoms. The van der Waals surface area contributed by atoms with Crippen LogP contribution < -0.4 is 0 Å². The Hall–Kier alpha value is -0.480. The van der Waals surface area contributed by atoms with E-state index in [4.69, 9.17) is 5.11 Å². The highest BCUT2D eigenvalue weighted by Gasteiger charge is 1.87. The van der Waals surface area contributed by atoms with Crippen LogP contribution in [0.3, 0.4) is 0 Å². The molecule has 0 aliphatic carbocycles. The van der Waals surface area contributed by atoms with Gasteiger partial charge in [0.05, 0.1) is 6.10 Å². The van der Waals surface area contributed by atoms with Crippen molar-refractivity contribution in [3.05, 3.63) is 0 Å². The second kappa shape index (κ2) is 7.63. The fourth-order valence-electron chi connectivity index (χ4n) is 0.772. The van der Waals surface area contributed by atoms with Gasteiger partial charge in [0.15, 0.2) is 0 Å². The third kappa shape index (κ3) is 9.52. The minimum Gasteiger partial charge on any atom is -0.392 e. The van der Waals surface area contributed by atoms with Crippen LogP contribution in [-0.4, -0.2) is 11.2 Å². The van der Waals surface area contributed by atoms with Crippen LogP contribution in [0.4, 0.5) is 0 Å². The maximum atomic E-state index is 8.85. The lowest BCUT2D eigenvalue weighted by molar-refractivity contribution is 0.201. The van der Waals surface area contributed by atoms with Crippen molar-refractivity contribution in [1.82, 2.24) is 0 Å². The number of unbranched alkanes of at least 4 members (excludes halogenated alkanes) is 3. The summed E-state index contributed by atoms with van der Waals surface area (Å²) >= 11 is 0. The Labute approximate surface area is 69.8 Å². The first kappa shape index (κ1) is 10.5. The highest BCUT2D eigenvalue weighted by Crippen LogP contribution is 1.97. The van der Waals surface area contributed by atoms with E-state index in [2.05, 4.69) is 18.8 Å². The monoisotopic (exact) mass is 154 g/mol. The molecule has 0 aromatic carbocycles. The summed E-state index contributed by atoms with van der Waals surface area (Å²) in [6.07, 6.45) is 5.05. The maximum Gasteiger partial charge on any atom is 0.0621 e. The van der Waals surface area contributed by atoms with Crippen LogP contribution in [0.2, 0.25) is 0 Å². The number of aliphatic hydroxyl groups is 1. The van der Waals surface area contributed by atoms with E-state index in [9.17, 15) is 0 Å². The van der Waals surface area contributed by atoms with Crippen molar-refractivity contribution in [3.8, 4) is 11.8 Å². The molecule has 1 nitrogen and oxygen atoms in total. The number of hydrogen-bond donors (Lipinski definition) is 1.